The number of rotatable bonds is 3. The highest BCUT2D eigenvalue weighted by molar-refractivity contribution is 6.00. The van der Waals surface area contributed by atoms with Gasteiger partial charge in [0.2, 0.25) is 0 Å². The van der Waals surface area contributed by atoms with Crippen molar-refractivity contribution in [1.29, 1.82) is 0 Å². The number of hydrogen-bond donors (Lipinski definition) is 2. The third-order valence-corrected chi connectivity index (χ3v) is 2.20. The lowest BCUT2D eigenvalue weighted by Crippen LogP contribution is -2.00. The molecule has 6 nitrogen and oxygen atoms in total. The number of fused-ring (bicyclic) bond motifs is 1. The highest BCUT2D eigenvalue weighted by atomic mass is 16.5. The Labute approximate surface area is 96.2 Å². The van der Waals surface area contributed by atoms with Crippen molar-refractivity contribution in [1.82, 2.24) is 9.97 Å². The van der Waals surface area contributed by atoms with Gasteiger partial charge in [-0.1, -0.05) is 6.07 Å². The van der Waals surface area contributed by atoms with Crippen LogP contribution >= 0.6 is 0 Å². The summed E-state index contributed by atoms with van der Waals surface area (Å²) in [5.74, 6) is -1.03. The molecule has 0 bridgehead atoms. The summed E-state index contributed by atoms with van der Waals surface area (Å²) in [6.07, 6.45) is 0. The van der Waals surface area contributed by atoms with Gasteiger partial charge in [-0.25, -0.2) is 9.78 Å². The van der Waals surface area contributed by atoms with Crippen LogP contribution in [0, 0.1) is 0 Å². The van der Waals surface area contributed by atoms with E-state index in [1.807, 2.05) is 0 Å². The average Bonchev–Trinajstić information content (AvgIpc) is 2.68. The fourth-order valence-electron chi connectivity index (χ4n) is 1.49. The monoisotopic (exact) mass is 234 g/mol. The highest BCUT2D eigenvalue weighted by Crippen LogP contribution is 2.16. The number of benzene rings is 1. The molecule has 0 fully saturated rings. The second kappa shape index (κ2) is 4.25. The molecule has 1 heterocycles. The number of aromatic nitrogens is 2. The van der Waals surface area contributed by atoms with Crippen molar-refractivity contribution in [2.45, 2.75) is 13.5 Å². The summed E-state index contributed by atoms with van der Waals surface area (Å²) in [7, 11) is 0. The second-order valence-electron chi connectivity index (χ2n) is 3.47. The first-order chi connectivity index (χ1) is 8.08. The number of carboxylic acid groups (broad SMARTS) is 1. The number of H-pyrrole nitrogens is 1. The lowest BCUT2D eigenvalue weighted by Gasteiger charge is -1.96. The number of nitrogens with zero attached hydrogens (tertiary/aromatic N) is 1. The van der Waals surface area contributed by atoms with Crippen LogP contribution in [0.3, 0.4) is 0 Å². The van der Waals surface area contributed by atoms with Gasteiger partial charge >= 0.3 is 11.9 Å². The number of carboxylic acids is 1. The van der Waals surface area contributed by atoms with E-state index in [0.717, 1.165) is 0 Å². The number of hydrogen-bond acceptors (Lipinski definition) is 4. The Morgan fingerprint density at radius 1 is 1.47 bits per heavy atom. The van der Waals surface area contributed by atoms with E-state index in [1.165, 1.54) is 13.0 Å². The molecule has 0 aliphatic rings. The first-order valence-electron chi connectivity index (χ1n) is 4.92. The molecule has 0 aliphatic carbocycles. The van der Waals surface area contributed by atoms with E-state index >= 15 is 0 Å². The minimum absolute atomic E-state index is 0.00305. The van der Waals surface area contributed by atoms with E-state index < -0.39 is 11.9 Å². The molecule has 0 unspecified atom stereocenters. The Kier molecular flexibility index (Phi) is 2.78. The summed E-state index contributed by atoms with van der Waals surface area (Å²) in [5.41, 5.74) is 1.09. The van der Waals surface area contributed by atoms with Crippen LogP contribution < -0.4 is 0 Å². The molecular weight excluding hydrogens is 224 g/mol. The first-order valence-corrected chi connectivity index (χ1v) is 4.92. The van der Waals surface area contributed by atoms with E-state index in [2.05, 4.69) is 9.97 Å². The van der Waals surface area contributed by atoms with Crippen molar-refractivity contribution < 1.29 is 19.4 Å². The predicted octanol–water partition coefficient (Wildman–Crippen LogP) is 1.32. The largest absolute Gasteiger partial charge is 0.478 e. The van der Waals surface area contributed by atoms with Crippen LogP contribution in [0.1, 0.15) is 23.1 Å². The molecule has 0 aliphatic heterocycles. The maximum atomic E-state index is 11.0. The Balaban J connectivity index is 2.39. The minimum atomic E-state index is -1.04. The highest BCUT2D eigenvalue weighted by Gasteiger charge is 2.12. The van der Waals surface area contributed by atoms with Crippen molar-refractivity contribution in [3.63, 3.8) is 0 Å². The summed E-state index contributed by atoms with van der Waals surface area (Å²) in [5, 5.41) is 8.97. The van der Waals surface area contributed by atoms with Gasteiger partial charge in [-0.05, 0) is 12.1 Å². The smallest absolute Gasteiger partial charge is 0.337 e. The van der Waals surface area contributed by atoms with Gasteiger partial charge < -0.3 is 14.8 Å². The summed E-state index contributed by atoms with van der Waals surface area (Å²) in [6.45, 7) is 1.30. The number of esters is 1. The van der Waals surface area contributed by atoms with E-state index in [0.29, 0.717) is 16.9 Å². The van der Waals surface area contributed by atoms with E-state index in [-0.39, 0.29) is 12.2 Å². The van der Waals surface area contributed by atoms with Gasteiger partial charge in [0.15, 0.2) is 0 Å². The topological polar surface area (TPSA) is 92.3 Å². The first kappa shape index (κ1) is 11.1. The number of imidazole rings is 1. The summed E-state index contributed by atoms with van der Waals surface area (Å²) >= 11 is 0. The standard InChI is InChI=1S/C11H10N2O4/c1-6(14)17-5-9-12-8-4-2-3-7(11(15)16)10(8)13-9/h2-4H,5H2,1H3,(H,12,13)(H,15,16). The van der Waals surface area contributed by atoms with Crippen LogP contribution in [0.2, 0.25) is 0 Å². The summed E-state index contributed by atoms with van der Waals surface area (Å²) < 4.78 is 4.78. The minimum Gasteiger partial charge on any atom is -0.478 e. The second-order valence-corrected chi connectivity index (χ2v) is 3.47. The molecule has 17 heavy (non-hydrogen) atoms. The van der Waals surface area contributed by atoms with Crippen molar-refractivity contribution >= 4 is 23.0 Å². The van der Waals surface area contributed by atoms with Crippen molar-refractivity contribution in [3.8, 4) is 0 Å². The molecule has 2 rings (SSSR count). The zero-order valence-corrected chi connectivity index (χ0v) is 9.06. The van der Waals surface area contributed by atoms with E-state index in [1.54, 1.807) is 12.1 Å². The molecule has 0 saturated heterocycles. The van der Waals surface area contributed by atoms with Gasteiger partial charge in [-0.3, -0.25) is 4.79 Å². The van der Waals surface area contributed by atoms with Crippen LogP contribution in [0.25, 0.3) is 11.0 Å². The molecule has 6 heteroatoms. The molecule has 0 atom stereocenters. The molecular formula is C11H10N2O4. The predicted molar refractivity (Wildman–Crippen MR) is 58.5 cm³/mol. The fraction of sp³-hybridized carbons (Fsp3) is 0.182. The quantitative estimate of drug-likeness (QED) is 0.781. The molecule has 88 valence electrons. The van der Waals surface area contributed by atoms with Gasteiger partial charge in [-0.15, -0.1) is 0 Å². The molecule has 0 spiro atoms. The van der Waals surface area contributed by atoms with Crippen molar-refractivity contribution in [3.05, 3.63) is 29.6 Å². The Morgan fingerprint density at radius 3 is 2.88 bits per heavy atom. The molecule has 1 aromatic heterocycles. The molecule has 1 aromatic carbocycles. The summed E-state index contributed by atoms with van der Waals surface area (Å²) in [4.78, 5) is 28.6. The van der Waals surface area contributed by atoms with Gasteiger partial charge in [0.25, 0.3) is 0 Å². The maximum Gasteiger partial charge on any atom is 0.337 e. The molecule has 2 aromatic rings. The van der Waals surface area contributed by atoms with E-state index in [9.17, 15) is 9.59 Å². The third-order valence-electron chi connectivity index (χ3n) is 2.20. The number of carbonyl (C=O) groups is 2. The van der Waals surface area contributed by atoms with Gasteiger partial charge in [-0.2, -0.15) is 0 Å². The number of para-hydroxylation sites is 1. The molecule has 0 radical (unpaired) electrons. The average molecular weight is 234 g/mol. The zero-order chi connectivity index (χ0) is 12.4. The molecule has 2 N–H and O–H groups in total. The van der Waals surface area contributed by atoms with Gasteiger partial charge in [0.1, 0.15) is 17.9 Å². The SMILES string of the molecule is CC(=O)OCc1nc2c(C(=O)O)cccc2[nH]1. The van der Waals surface area contributed by atoms with Crippen LogP contribution in [0.5, 0.6) is 0 Å². The number of aromatic carboxylic acids is 1. The fourth-order valence-corrected chi connectivity index (χ4v) is 1.49. The Morgan fingerprint density at radius 2 is 2.24 bits per heavy atom. The van der Waals surface area contributed by atoms with Gasteiger partial charge in [0, 0.05) is 6.92 Å². The number of ether oxygens (including phenoxy) is 1. The number of aromatic amines is 1. The van der Waals surface area contributed by atoms with Crippen molar-refractivity contribution in [2.75, 3.05) is 0 Å². The molecule has 0 saturated carbocycles. The lowest BCUT2D eigenvalue weighted by molar-refractivity contribution is -0.142. The van der Waals surface area contributed by atoms with Crippen molar-refractivity contribution in [2.24, 2.45) is 0 Å². The zero-order valence-electron chi connectivity index (χ0n) is 9.06. The van der Waals surface area contributed by atoms with Crippen LogP contribution in [-0.2, 0) is 16.1 Å². The Bertz CT molecular complexity index is 588. The van der Waals surface area contributed by atoms with Gasteiger partial charge in [0.05, 0.1) is 11.1 Å². The number of carbonyl (C=O) groups excluding carboxylic acids is 1. The maximum absolute atomic E-state index is 11.0. The van der Waals surface area contributed by atoms with Crippen LogP contribution in [0.4, 0.5) is 0 Å². The third kappa shape index (κ3) is 2.25. The van der Waals surface area contributed by atoms with Crippen LogP contribution in [-0.4, -0.2) is 27.0 Å². The number of nitrogens with one attached hydrogen (secondary N) is 1. The molecule has 0 amide bonds. The Hall–Kier alpha value is -2.37. The summed E-state index contributed by atoms with van der Waals surface area (Å²) in [6, 6.07) is 4.81. The lowest BCUT2D eigenvalue weighted by atomic mass is 10.2. The normalized spacial score (nSPS) is 10.4. The van der Waals surface area contributed by atoms with E-state index in [4.69, 9.17) is 9.84 Å². The van der Waals surface area contributed by atoms with Crippen LogP contribution in [0.15, 0.2) is 18.2 Å².